The number of rotatable bonds is 3. The van der Waals surface area contributed by atoms with Gasteiger partial charge in [-0.25, -0.2) is 0 Å². The number of nitrogens with zero attached hydrogens (tertiary/aromatic N) is 2. The summed E-state index contributed by atoms with van der Waals surface area (Å²) in [6.45, 7) is 4.48. The minimum Gasteiger partial charge on any atom is -0.664 e. The fourth-order valence-electron chi connectivity index (χ4n) is 1.38. The maximum absolute atomic E-state index is 4.52. The molecule has 0 amide bonds. The first-order valence-electron chi connectivity index (χ1n) is 5.29. The molecule has 0 aliphatic heterocycles. The molecule has 0 bridgehead atoms. The average molecular weight is 348 g/mol. The van der Waals surface area contributed by atoms with Crippen LogP contribution >= 0.6 is 0 Å². The molecule has 0 atom stereocenters. The van der Waals surface area contributed by atoms with Crippen LogP contribution in [-0.2, 0) is 26.2 Å². The van der Waals surface area contributed by atoms with E-state index in [4.69, 9.17) is 0 Å². The number of hydrogen-bond acceptors (Lipinski definition) is 1. The van der Waals surface area contributed by atoms with Gasteiger partial charge in [0.15, 0.2) is 0 Å². The van der Waals surface area contributed by atoms with E-state index < -0.39 is 8.80 Å². The van der Waals surface area contributed by atoms with Crippen LogP contribution < -0.4 is 10.3 Å². The van der Waals surface area contributed by atoms with Gasteiger partial charge < -0.3 is 19.8 Å². The molecule has 0 saturated carbocycles. The zero-order chi connectivity index (χ0) is 11.4. The van der Waals surface area contributed by atoms with Crippen molar-refractivity contribution in [1.29, 1.82) is 0 Å². The fourth-order valence-corrected chi connectivity index (χ4v) is 2.15. The molecular weight excluding hydrogens is 327 g/mol. The second-order valence-corrected chi connectivity index (χ2v) is 6.36. The smallest absolute Gasteiger partial charge is 0.664 e. The topological polar surface area (TPSA) is 26.5 Å². The monoisotopic (exact) mass is 346 g/mol. The third kappa shape index (κ3) is 6.31. The van der Waals surface area contributed by atoms with Crippen molar-refractivity contribution in [3.05, 3.63) is 63.0 Å². The van der Waals surface area contributed by atoms with Gasteiger partial charge in [-0.2, -0.15) is 5.32 Å². The summed E-state index contributed by atoms with van der Waals surface area (Å²) in [6, 6.07) is 14.0. The van der Waals surface area contributed by atoms with E-state index in [1.165, 1.54) is 5.32 Å². The van der Waals surface area contributed by atoms with Gasteiger partial charge in [-0.15, -0.1) is 5.69 Å². The third-order valence-corrected chi connectivity index (χ3v) is 3.58. The number of hydrogen-bond donors (Lipinski definition) is 0. The molecule has 0 aliphatic rings. The van der Waals surface area contributed by atoms with Crippen LogP contribution in [0.3, 0.4) is 0 Å². The van der Waals surface area contributed by atoms with Gasteiger partial charge in [-0.3, -0.25) is 4.99 Å². The summed E-state index contributed by atoms with van der Waals surface area (Å²) < 4.78 is 0. The molecule has 2 aromatic rings. The Bertz CT molecular complexity index is 478. The summed E-state index contributed by atoms with van der Waals surface area (Å²) in [5, 5.41) is 1.22. The Balaban J connectivity index is 0. The van der Waals surface area contributed by atoms with Gasteiger partial charge >= 0.3 is 26.2 Å². The first-order chi connectivity index (χ1) is 7.75. The molecule has 1 aromatic heterocycles. The van der Waals surface area contributed by atoms with Crippen molar-refractivity contribution in [2.45, 2.75) is 13.1 Å². The third-order valence-electron chi connectivity index (χ3n) is 2.28. The van der Waals surface area contributed by atoms with Crippen LogP contribution in [0.25, 0.3) is 0 Å². The molecular formula is C15H20N2SiZr. The van der Waals surface area contributed by atoms with E-state index in [9.17, 15) is 0 Å². The fraction of sp³-hybridized carbons (Fsp3) is 0.133. The summed E-state index contributed by atoms with van der Waals surface area (Å²) >= 11 is 0. The van der Waals surface area contributed by atoms with Gasteiger partial charge in [-0.05, 0) is 12.1 Å². The van der Waals surface area contributed by atoms with Crippen molar-refractivity contribution < 1.29 is 26.2 Å². The standard InChI is InChI=1S/C13H14N2Si.2CH3.Zr/c1-16(2)13-9-8-12(15-13)10-14-11-6-4-3-5-7-11;;;/h3-10H,1-2H3;2*1H3;/q3*-1;+3. The molecule has 98 valence electrons. The van der Waals surface area contributed by atoms with E-state index in [-0.39, 0.29) is 41.1 Å². The Morgan fingerprint density at radius 1 is 1.00 bits per heavy atom. The Morgan fingerprint density at radius 3 is 2.16 bits per heavy atom. The molecule has 0 saturated heterocycles. The summed E-state index contributed by atoms with van der Waals surface area (Å²) in [4.78, 5) is 8.89. The van der Waals surface area contributed by atoms with Crippen molar-refractivity contribution >= 4 is 26.0 Å². The van der Waals surface area contributed by atoms with Crippen LogP contribution in [-0.4, -0.2) is 15.0 Å². The molecule has 0 aliphatic carbocycles. The summed E-state index contributed by atoms with van der Waals surface area (Å²) in [6.07, 6.45) is 1.82. The van der Waals surface area contributed by atoms with E-state index in [0.29, 0.717) is 0 Å². The van der Waals surface area contributed by atoms with Gasteiger partial charge in [0.2, 0.25) is 0 Å². The molecule has 2 nitrogen and oxygen atoms in total. The molecule has 2 radical (unpaired) electrons. The number of benzene rings is 1. The van der Waals surface area contributed by atoms with Gasteiger partial charge in [-0.1, -0.05) is 43.4 Å². The second kappa shape index (κ2) is 10.1. The Labute approximate surface area is 138 Å². The van der Waals surface area contributed by atoms with E-state index in [0.717, 1.165) is 11.4 Å². The first-order valence-corrected chi connectivity index (χ1v) is 7.79. The normalized spacial score (nSPS) is 9.63. The number of aromatic nitrogens is 1. The zero-order valence-electron chi connectivity index (χ0n) is 12.0. The molecule has 0 fully saturated rings. The van der Waals surface area contributed by atoms with Gasteiger partial charge in [0.25, 0.3) is 0 Å². The second-order valence-electron chi connectivity index (χ2n) is 3.85. The van der Waals surface area contributed by atoms with Crippen LogP contribution in [0.15, 0.2) is 47.5 Å². The molecule has 4 heteroatoms. The average Bonchev–Trinajstić information content (AvgIpc) is 2.76. The van der Waals surface area contributed by atoms with Crippen LogP contribution in [0.4, 0.5) is 5.69 Å². The predicted molar refractivity (Wildman–Crippen MR) is 83.4 cm³/mol. The zero-order valence-corrected chi connectivity index (χ0v) is 15.5. The molecule has 0 spiro atoms. The van der Waals surface area contributed by atoms with E-state index in [2.05, 4.69) is 29.1 Å². The van der Waals surface area contributed by atoms with E-state index in [1.807, 2.05) is 42.6 Å². The maximum Gasteiger partial charge on any atom is 3.00 e. The van der Waals surface area contributed by atoms with Crippen LogP contribution in [0.1, 0.15) is 5.69 Å². The molecule has 2 rings (SSSR count). The minimum atomic E-state index is -0.446. The minimum absolute atomic E-state index is 0. The van der Waals surface area contributed by atoms with Crippen molar-refractivity contribution in [1.82, 2.24) is 4.98 Å². The summed E-state index contributed by atoms with van der Waals surface area (Å²) in [7, 11) is -0.446. The van der Waals surface area contributed by atoms with Gasteiger partial charge in [0.05, 0.1) is 14.5 Å². The predicted octanol–water partition coefficient (Wildman–Crippen LogP) is 3.25. The van der Waals surface area contributed by atoms with Crippen molar-refractivity contribution in [3.63, 3.8) is 0 Å². The first kappa shape index (κ1) is 20.6. The summed E-state index contributed by atoms with van der Waals surface area (Å²) in [5.41, 5.74) is 1.91. The maximum atomic E-state index is 4.52. The number of para-hydroxylation sites is 1. The molecule has 0 N–H and O–H groups in total. The molecule has 1 heterocycles. The van der Waals surface area contributed by atoms with Crippen LogP contribution in [0.5, 0.6) is 0 Å². The van der Waals surface area contributed by atoms with Crippen molar-refractivity contribution in [3.8, 4) is 0 Å². The Hall–Kier alpha value is -0.730. The molecule has 1 aromatic carbocycles. The number of aliphatic imine (C=N–C) groups is 1. The SMILES string of the molecule is C[Si](C)c1ccc(C=Nc2ccccc2)[n-]1.[CH3-].[CH3-].[Zr+3]. The van der Waals surface area contributed by atoms with Gasteiger partial charge in [0.1, 0.15) is 0 Å². The van der Waals surface area contributed by atoms with Gasteiger partial charge in [0, 0.05) is 6.21 Å². The Morgan fingerprint density at radius 2 is 1.63 bits per heavy atom. The van der Waals surface area contributed by atoms with Crippen LogP contribution in [0, 0.1) is 14.9 Å². The summed E-state index contributed by atoms with van der Waals surface area (Å²) in [5.74, 6) is 0. The van der Waals surface area contributed by atoms with Crippen LogP contribution in [0.2, 0.25) is 13.1 Å². The Kier molecular flexibility index (Phi) is 10.9. The molecule has 19 heavy (non-hydrogen) atoms. The van der Waals surface area contributed by atoms with Crippen molar-refractivity contribution in [2.75, 3.05) is 0 Å². The quantitative estimate of drug-likeness (QED) is 0.475. The molecule has 0 unspecified atom stereocenters. The van der Waals surface area contributed by atoms with Crippen molar-refractivity contribution in [2.24, 2.45) is 4.99 Å². The van der Waals surface area contributed by atoms with E-state index >= 15 is 0 Å². The largest absolute Gasteiger partial charge is 3.00 e. The van der Waals surface area contributed by atoms with E-state index in [1.54, 1.807) is 0 Å².